The lowest BCUT2D eigenvalue weighted by atomic mass is 10.2. The first kappa shape index (κ1) is 15.1. The lowest BCUT2D eigenvalue weighted by molar-refractivity contribution is 0.0697. The summed E-state index contributed by atoms with van der Waals surface area (Å²) in [6.07, 6.45) is 1.87. The molecule has 106 valence electrons. The zero-order chi connectivity index (χ0) is 14.5. The predicted octanol–water partition coefficient (Wildman–Crippen LogP) is 4.74. The van der Waals surface area contributed by atoms with Gasteiger partial charge in [0.05, 0.1) is 0 Å². The summed E-state index contributed by atoms with van der Waals surface area (Å²) >= 11 is 4.70. The molecule has 20 heavy (non-hydrogen) atoms. The monoisotopic (exact) mass is 354 g/mol. The Morgan fingerprint density at radius 3 is 2.85 bits per heavy atom. The Labute approximate surface area is 130 Å². The molecule has 5 heteroatoms. The highest BCUT2D eigenvalue weighted by Crippen LogP contribution is 2.31. The number of aromatic carboxylic acids is 1. The molecule has 1 aromatic heterocycles. The molecule has 0 unspecified atom stereocenters. The summed E-state index contributed by atoms with van der Waals surface area (Å²) < 4.78 is 6.66. The van der Waals surface area contributed by atoms with Crippen LogP contribution < -0.4 is 4.74 Å². The van der Waals surface area contributed by atoms with Gasteiger partial charge in [-0.05, 0) is 30.2 Å². The molecule has 0 spiro atoms. The highest BCUT2D eigenvalue weighted by atomic mass is 79.9. The van der Waals surface area contributed by atoms with Crippen LogP contribution in [0.5, 0.6) is 5.75 Å². The van der Waals surface area contributed by atoms with Gasteiger partial charge in [0.15, 0.2) is 4.88 Å². The van der Waals surface area contributed by atoms with E-state index in [9.17, 15) is 9.90 Å². The van der Waals surface area contributed by atoms with Crippen LogP contribution in [0.4, 0.5) is 0 Å². The molecule has 1 aromatic carbocycles. The zero-order valence-corrected chi connectivity index (χ0v) is 13.5. The number of carbonyl (C=O) groups is 1. The average molecular weight is 355 g/mol. The molecule has 3 nitrogen and oxygen atoms in total. The summed E-state index contributed by atoms with van der Waals surface area (Å²) in [5.74, 6) is -0.465. The van der Waals surface area contributed by atoms with E-state index >= 15 is 0 Å². The number of thiophene rings is 1. The summed E-state index contributed by atoms with van der Waals surface area (Å²) in [5, 5.41) is 9.21. The molecule has 0 fully saturated rings. The summed E-state index contributed by atoms with van der Waals surface area (Å²) in [6.45, 7) is 2.43. The van der Waals surface area contributed by atoms with Gasteiger partial charge in [-0.1, -0.05) is 41.4 Å². The van der Waals surface area contributed by atoms with Crippen LogP contribution >= 0.6 is 27.3 Å². The third-order valence-corrected chi connectivity index (χ3v) is 4.38. The van der Waals surface area contributed by atoms with Crippen LogP contribution in [0.25, 0.3) is 0 Å². The Kier molecular flexibility index (Phi) is 5.20. The van der Waals surface area contributed by atoms with Crippen molar-refractivity contribution in [3.05, 3.63) is 50.1 Å². The van der Waals surface area contributed by atoms with Crippen LogP contribution in [0.2, 0.25) is 0 Å². The number of aryl methyl sites for hydroxylation is 1. The number of hydrogen-bond donors (Lipinski definition) is 1. The molecule has 0 saturated heterocycles. The summed E-state index contributed by atoms with van der Waals surface area (Å²) in [6, 6.07) is 9.62. The van der Waals surface area contributed by atoms with E-state index in [0.29, 0.717) is 12.4 Å². The molecule has 0 amide bonds. The van der Waals surface area contributed by atoms with Gasteiger partial charge in [0, 0.05) is 9.35 Å². The molecule has 2 aromatic rings. The fourth-order valence-electron chi connectivity index (χ4n) is 1.84. The Bertz CT molecular complexity index is 607. The van der Waals surface area contributed by atoms with E-state index in [2.05, 4.69) is 22.9 Å². The van der Waals surface area contributed by atoms with Crippen LogP contribution in [0, 0.1) is 0 Å². The normalized spacial score (nSPS) is 10.5. The maximum atomic E-state index is 11.2. The van der Waals surface area contributed by atoms with Gasteiger partial charge in [0.2, 0.25) is 0 Å². The van der Waals surface area contributed by atoms with Crippen LogP contribution in [0.15, 0.2) is 34.8 Å². The van der Waals surface area contributed by atoms with Gasteiger partial charge in [-0.3, -0.25) is 0 Å². The number of hydrogen-bond acceptors (Lipinski definition) is 3. The van der Waals surface area contributed by atoms with Crippen molar-refractivity contribution in [1.82, 2.24) is 0 Å². The number of benzene rings is 1. The molecule has 0 aliphatic rings. The molecule has 0 aliphatic heterocycles. The van der Waals surface area contributed by atoms with Crippen LogP contribution in [-0.4, -0.2) is 11.1 Å². The van der Waals surface area contributed by atoms with Crippen molar-refractivity contribution < 1.29 is 14.6 Å². The van der Waals surface area contributed by atoms with Gasteiger partial charge in [-0.2, -0.15) is 0 Å². The van der Waals surface area contributed by atoms with Crippen molar-refractivity contribution in [2.45, 2.75) is 26.4 Å². The molecule has 1 heterocycles. The van der Waals surface area contributed by atoms with Gasteiger partial charge in [-0.15, -0.1) is 11.3 Å². The highest BCUT2D eigenvalue weighted by Gasteiger charge is 2.16. The molecule has 0 atom stereocenters. The largest absolute Gasteiger partial charge is 0.487 e. The maximum absolute atomic E-state index is 11.2. The van der Waals surface area contributed by atoms with Crippen molar-refractivity contribution in [2.75, 3.05) is 0 Å². The summed E-state index contributed by atoms with van der Waals surface area (Å²) in [4.78, 5) is 12.6. The SMILES string of the molecule is CCCc1cc(OCc2cccc(Br)c2)c(C(=O)O)s1. The Hall–Kier alpha value is -1.33. The van der Waals surface area contributed by atoms with Crippen molar-refractivity contribution in [2.24, 2.45) is 0 Å². The standard InChI is InChI=1S/C15H15BrO3S/c1-2-4-12-8-13(14(20-12)15(17)18)19-9-10-5-3-6-11(16)7-10/h3,5-8H,2,4,9H2,1H3,(H,17,18). The third kappa shape index (κ3) is 3.84. The van der Waals surface area contributed by atoms with E-state index in [4.69, 9.17) is 4.74 Å². The second kappa shape index (κ2) is 6.90. The van der Waals surface area contributed by atoms with Gasteiger partial charge in [0.1, 0.15) is 12.4 Å². The maximum Gasteiger partial charge on any atom is 0.349 e. The molecule has 0 saturated carbocycles. The van der Waals surface area contributed by atoms with E-state index in [1.165, 1.54) is 11.3 Å². The van der Waals surface area contributed by atoms with Crippen molar-refractivity contribution in [3.63, 3.8) is 0 Å². The number of ether oxygens (including phenoxy) is 1. The van der Waals surface area contributed by atoms with E-state index in [-0.39, 0.29) is 4.88 Å². The summed E-state index contributed by atoms with van der Waals surface area (Å²) in [5.41, 5.74) is 0.999. The number of halogens is 1. The van der Waals surface area contributed by atoms with Gasteiger partial charge < -0.3 is 9.84 Å². The van der Waals surface area contributed by atoms with Crippen LogP contribution in [0.3, 0.4) is 0 Å². The second-order valence-corrected chi connectivity index (χ2v) is 6.43. The average Bonchev–Trinajstić information content (AvgIpc) is 2.80. The fourth-order valence-corrected chi connectivity index (χ4v) is 3.32. The minimum atomic E-state index is -0.929. The van der Waals surface area contributed by atoms with E-state index in [1.807, 2.05) is 30.3 Å². The van der Waals surface area contributed by atoms with E-state index < -0.39 is 5.97 Å². The topological polar surface area (TPSA) is 46.5 Å². The predicted molar refractivity (Wildman–Crippen MR) is 83.7 cm³/mol. The minimum absolute atomic E-state index is 0.281. The van der Waals surface area contributed by atoms with Crippen LogP contribution in [-0.2, 0) is 13.0 Å². The molecule has 0 bridgehead atoms. The fraction of sp³-hybridized carbons (Fsp3) is 0.267. The quantitative estimate of drug-likeness (QED) is 0.814. The smallest absolute Gasteiger partial charge is 0.349 e. The van der Waals surface area contributed by atoms with E-state index in [1.54, 1.807) is 0 Å². The van der Waals surface area contributed by atoms with Gasteiger partial charge in [-0.25, -0.2) is 4.79 Å². The van der Waals surface area contributed by atoms with Gasteiger partial charge >= 0.3 is 5.97 Å². The van der Waals surface area contributed by atoms with Crippen molar-refractivity contribution in [1.29, 1.82) is 0 Å². The van der Waals surface area contributed by atoms with E-state index in [0.717, 1.165) is 27.8 Å². The highest BCUT2D eigenvalue weighted by molar-refractivity contribution is 9.10. The van der Waals surface area contributed by atoms with Gasteiger partial charge in [0.25, 0.3) is 0 Å². The lowest BCUT2D eigenvalue weighted by Gasteiger charge is -2.05. The Balaban J connectivity index is 2.13. The molecule has 0 aliphatic carbocycles. The Morgan fingerprint density at radius 1 is 1.40 bits per heavy atom. The second-order valence-electron chi connectivity index (χ2n) is 4.38. The molecule has 1 N–H and O–H groups in total. The first-order valence-corrected chi connectivity index (χ1v) is 7.94. The van der Waals surface area contributed by atoms with Crippen molar-refractivity contribution >= 4 is 33.2 Å². The van der Waals surface area contributed by atoms with Crippen LogP contribution in [0.1, 0.15) is 33.5 Å². The first-order chi connectivity index (χ1) is 9.60. The number of carboxylic acid groups (broad SMARTS) is 1. The summed E-state index contributed by atoms with van der Waals surface area (Å²) in [7, 11) is 0. The molecular formula is C15H15BrO3S. The number of carboxylic acids is 1. The molecular weight excluding hydrogens is 340 g/mol. The molecule has 0 radical (unpaired) electrons. The molecule has 2 rings (SSSR count). The third-order valence-electron chi connectivity index (χ3n) is 2.72. The Morgan fingerprint density at radius 2 is 2.20 bits per heavy atom. The number of rotatable bonds is 6. The lowest BCUT2D eigenvalue weighted by Crippen LogP contribution is -2.00. The van der Waals surface area contributed by atoms with Crippen molar-refractivity contribution in [3.8, 4) is 5.75 Å². The minimum Gasteiger partial charge on any atom is -0.487 e. The zero-order valence-electron chi connectivity index (χ0n) is 11.1. The first-order valence-electron chi connectivity index (χ1n) is 6.33.